The molecule has 0 bridgehead atoms. The van der Waals surface area contributed by atoms with Crippen molar-refractivity contribution in [2.45, 2.75) is 26.0 Å². The van der Waals surface area contributed by atoms with E-state index in [0.29, 0.717) is 12.2 Å². The number of aromatic nitrogens is 1. The van der Waals surface area contributed by atoms with E-state index in [9.17, 15) is 9.90 Å². The molecule has 0 saturated carbocycles. The molecule has 20 heavy (non-hydrogen) atoms. The molecule has 2 unspecified atom stereocenters. The standard InChI is InChI=1S/C13H18IN3O2S/c1-13(2)8-17(20-14)7-10(11(13)18)16-12(19)9-5-3-4-6-15-9/h3-6,10-11,18H,7-8H2,1-2H3,(H,16,19). The molecule has 7 heteroatoms. The first-order valence-corrected chi connectivity index (χ1v) is 9.69. The first-order valence-electron chi connectivity index (χ1n) is 6.37. The van der Waals surface area contributed by atoms with E-state index in [1.54, 1.807) is 33.5 Å². The van der Waals surface area contributed by atoms with Crippen LogP contribution in [-0.2, 0) is 0 Å². The van der Waals surface area contributed by atoms with E-state index in [2.05, 4.69) is 35.8 Å². The third-order valence-electron chi connectivity index (χ3n) is 3.48. The molecule has 2 rings (SSSR count). The van der Waals surface area contributed by atoms with Crippen LogP contribution in [0.5, 0.6) is 0 Å². The second-order valence-electron chi connectivity index (χ2n) is 5.62. The monoisotopic (exact) mass is 407 g/mol. The maximum absolute atomic E-state index is 12.2. The molecular formula is C13H18IN3O2S. The predicted octanol–water partition coefficient (Wildman–Crippen LogP) is 1.88. The summed E-state index contributed by atoms with van der Waals surface area (Å²) in [5, 5.41) is 13.3. The van der Waals surface area contributed by atoms with Crippen LogP contribution >= 0.6 is 30.3 Å². The maximum Gasteiger partial charge on any atom is 0.270 e. The lowest BCUT2D eigenvalue weighted by atomic mass is 9.79. The van der Waals surface area contributed by atoms with Gasteiger partial charge in [-0.05, 0) is 21.3 Å². The molecule has 110 valence electrons. The summed E-state index contributed by atoms with van der Waals surface area (Å²) in [7, 11) is 1.60. The number of aliphatic hydroxyl groups is 1. The third kappa shape index (κ3) is 3.63. The highest BCUT2D eigenvalue weighted by Crippen LogP contribution is 2.34. The Morgan fingerprint density at radius 2 is 2.35 bits per heavy atom. The van der Waals surface area contributed by atoms with Crippen LogP contribution in [0.2, 0.25) is 0 Å². The normalized spacial score (nSPS) is 26.2. The van der Waals surface area contributed by atoms with Crippen LogP contribution in [0.1, 0.15) is 24.3 Å². The number of pyridine rings is 1. The number of carbonyl (C=O) groups excluding carboxylic acids is 1. The zero-order valence-electron chi connectivity index (χ0n) is 11.4. The molecule has 1 saturated heterocycles. The summed E-state index contributed by atoms with van der Waals surface area (Å²) in [5.74, 6) is -0.245. The van der Waals surface area contributed by atoms with Crippen molar-refractivity contribution in [2.75, 3.05) is 13.1 Å². The van der Waals surface area contributed by atoms with Crippen molar-refractivity contribution in [1.29, 1.82) is 0 Å². The Labute approximate surface area is 135 Å². The van der Waals surface area contributed by atoms with Gasteiger partial charge in [0.25, 0.3) is 5.91 Å². The number of rotatable bonds is 3. The van der Waals surface area contributed by atoms with E-state index in [4.69, 9.17) is 0 Å². The van der Waals surface area contributed by atoms with Gasteiger partial charge in [0.2, 0.25) is 0 Å². The van der Waals surface area contributed by atoms with Gasteiger partial charge in [-0.2, -0.15) is 0 Å². The van der Waals surface area contributed by atoms with E-state index in [0.717, 1.165) is 6.54 Å². The Morgan fingerprint density at radius 3 is 2.95 bits per heavy atom. The Balaban J connectivity index is 2.09. The van der Waals surface area contributed by atoms with Crippen molar-refractivity contribution in [2.24, 2.45) is 5.41 Å². The summed E-state index contributed by atoms with van der Waals surface area (Å²) >= 11 is 2.22. The number of halogens is 1. The minimum absolute atomic E-state index is 0.245. The van der Waals surface area contributed by atoms with Crippen molar-refractivity contribution < 1.29 is 9.90 Å². The number of nitrogens with zero attached hydrogens (tertiary/aromatic N) is 2. The minimum atomic E-state index is -0.574. The zero-order chi connectivity index (χ0) is 14.8. The van der Waals surface area contributed by atoms with Gasteiger partial charge >= 0.3 is 0 Å². The average Bonchev–Trinajstić information content (AvgIpc) is 2.44. The van der Waals surface area contributed by atoms with Gasteiger partial charge in [0, 0.05) is 45.9 Å². The van der Waals surface area contributed by atoms with E-state index in [1.807, 2.05) is 13.8 Å². The number of hydrogen-bond donors (Lipinski definition) is 2. The molecule has 1 amide bonds. The molecule has 5 nitrogen and oxygen atoms in total. The molecule has 2 atom stereocenters. The van der Waals surface area contributed by atoms with Gasteiger partial charge in [0.05, 0.1) is 12.1 Å². The molecule has 1 aromatic heterocycles. The van der Waals surface area contributed by atoms with Crippen LogP contribution in [-0.4, -0.2) is 45.5 Å². The third-order valence-corrected chi connectivity index (χ3v) is 5.62. The van der Waals surface area contributed by atoms with E-state index >= 15 is 0 Å². The first-order chi connectivity index (χ1) is 9.44. The van der Waals surface area contributed by atoms with Gasteiger partial charge in [-0.1, -0.05) is 19.9 Å². The van der Waals surface area contributed by atoms with Gasteiger partial charge < -0.3 is 10.4 Å². The lowest BCUT2D eigenvalue weighted by Crippen LogP contribution is -2.60. The number of piperidine rings is 1. The lowest BCUT2D eigenvalue weighted by Gasteiger charge is -2.45. The Bertz CT molecular complexity index is 472. The summed E-state index contributed by atoms with van der Waals surface area (Å²) in [4.78, 5) is 16.2. The zero-order valence-corrected chi connectivity index (χ0v) is 14.4. The molecule has 2 N–H and O–H groups in total. The van der Waals surface area contributed by atoms with E-state index in [-0.39, 0.29) is 17.4 Å². The summed E-state index contributed by atoms with van der Waals surface area (Å²) in [6.07, 6.45) is 1.01. The van der Waals surface area contributed by atoms with Crippen molar-refractivity contribution in [3.8, 4) is 0 Å². The SMILES string of the molecule is CC1(C)CN(SI)CC(NC(=O)c2ccccn2)C1O. The Hall–Kier alpha value is -0.380. The topological polar surface area (TPSA) is 65.5 Å². The first kappa shape index (κ1) is 16.0. The lowest BCUT2D eigenvalue weighted by molar-refractivity contribution is -0.0222. The smallest absolute Gasteiger partial charge is 0.270 e. The highest BCUT2D eigenvalue weighted by Gasteiger charge is 2.42. The van der Waals surface area contributed by atoms with Crippen molar-refractivity contribution in [3.05, 3.63) is 30.1 Å². The van der Waals surface area contributed by atoms with E-state index in [1.165, 1.54) is 0 Å². The number of aliphatic hydroxyl groups excluding tert-OH is 1. The summed E-state index contributed by atoms with van der Waals surface area (Å²) < 4.78 is 2.15. The van der Waals surface area contributed by atoms with Crippen molar-refractivity contribution in [1.82, 2.24) is 14.6 Å². The fourth-order valence-corrected chi connectivity index (χ4v) is 3.89. The van der Waals surface area contributed by atoms with Gasteiger partial charge in [-0.3, -0.25) is 9.78 Å². The highest BCUT2D eigenvalue weighted by molar-refractivity contribution is 14.2. The van der Waals surface area contributed by atoms with Crippen molar-refractivity contribution in [3.63, 3.8) is 0 Å². The quantitative estimate of drug-likeness (QED) is 0.592. The fourth-order valence-electron chi connectivity index (χ4n) is 2.39. The maximum atomic E-state index is 12.2. The molecule has 1 fully saturated rings. The minimum Gasteiger partial charge on any atom is -0.390 e. The predicted molar refractivity (Wildman–Crippen MR) is 88.5 cm³/mol. The molecule has 2 heterocycles. The van der Waals surface area contributed by atoms with Crippen LogP contribution in [0.15, 0.2) is 24.4 Å². The number of hydrogen-bond acceptors (Lipinski definition) is 5. The summed E-state index contributed by atoms with van der Waals surface area (Å²) in [6.45, 7) is 5.43. The molecule has 1 aliphatic heterocycles. The molecule has 0 aromatic carbocycles. The number of nitrogens with one attached hydrogen (secondary N) is 1. The van der Waals surface area contributed by atoms with Gasteiger partial charge in [0.1, 0.15) is 5.69 Å². The summed E-state index contributed by atoms with van der Waals surface area (Å²) in [6, 6.07) is 4.91. The average molecular weight is 407 g/mol. The van der Waals surface area contributed by atoms with Crippen LogP contribution in [0, 0.1) is 5.41 Å². The fraction of sp³-hybridized carbons (Fsp3) is 0.538. The molecule has 1 aromatic rings. The molecule has 0 radical (unpaired) electrons. The number of carbonyl (C=O) groups is 1. The summed E-state index contributed by atoms with van der Waals surface area (Å²) in [5.41, 5.74) is 0.107. The molecule has 0 spiro atoms. The van der Waals surface area contributed by atoms with Gasteiger partial charge in [0.15, 0.2) is 0 Å². The molecule has 0 aliphatic carbocycles. The Morgan fingerprint density at radius 1 is 1.60 bits per heavy atom. The van der Waals surface area contributed by atoms with Crippen LogP contribution in [0.4, 0.5) is 0 Å². The highest BCUT2D eigenvalue weighted by atomic mass is 127. The van der Waals surface area contributed by atoms with Gasteiger partial charge in [-0.25, -0.2) is 4.31 Å². The molecular weight excluding hydrogens is 389 g/mol. The molecule has 1 aliphatic rings. The largest absolute Gasteiger partial charge is 0.390 e. The van der Waals surface area contributed by atoms with Crippen LogP contribution in [0.3, 0.4) is 0 Å². The van der Waals surface area contributed by atoms with Gasteiger partial charge in [-0.15, -0.1) is 0 Å². The van der Waals surface area contributed by atoms with E-state index < -0.39 is 6.10 Å². The van der Waals surface area contributed by atoms with Crippen LogP contribution in [0.25, 0.3) is 0 Å². The second-order valence-corrected chi connectivity index (χ2v) is 7.46. The number of amides is 1. The van der Waals surface area contributed by atoms with Crippen molar-refractivity contribution >= 4 is 36.2 Å². The Kier molecular flexibility index (Phi) is 5.27. The van der Waals surface area contributed by atoms with Crippen LogP contribution < -0.4 is 5.32 Å². The second kappa shape index (κ2) is 6.59.